The number of halogens is 1. The Morgan fingerprint density at radius 2 is 1.91 bits per heavy atom. The van der Waals surface area contributed by atoms with Crippen molar-refractivity contribution in [3.63, 3.8) is 0 Å². The standard InChI is InChI=1S/C23H26FN5O2S/c1-27(15-22-26-19-7-2-3-8-20(19)32-22)16-23(31)29-11-9-28(10-12-29)14-21(30)25-18-6-4-5-17(24)13-18/h2-8,13H,9-12,14-16H2,1H3,(H,25,30). The Morgan fingerprint density at radius 3 is 2.66 bits per heavy atom. The number of carbonyl (C=O) groups excluding carboxylic acids is 2. The molecule has 1 fully saturated rings. The van der Waals surface area contributed by atoms with E-state index in [2.05, 4.69) is 16.4 Å². The third-order valence-corrected chi connectivity index (χ3v) is 6.37. The molecule has 0 atom stereocenters. The highest BCUT2D eigenvalue weighted by molar-refractivity contribution is 7.18. The normalized spacial score (nSPS) is 14.8. The molecule has 0 bridgehead atoms. The first-order chi connectivity index (χ1) is 15.5. The molecule has 0 radical (unpaired) electrons. The molecule has 2 heterocycles. The van der Waals surface area contributed by atoms with E-state index in [1.165, 1.54) is 12.1 Å². The largest absolute Gasteiger partial charge is 0.339 e. The summed E-state index contributed by atoms with van der Waals surface area (Å²) < 4.78 is 14.4. The molecule has 4 rings (SSSR count). The number of piperazine rings is 1. The Hall–Kier alpha value is -2.88. The van der Waals surface area contributed by atoms with Crippen LogP contribution in [-0.4, -0.2) is 77.8 Å². The molecule has 0 spiro atoms. The summed E-state index contributed by atoms with van der Waals surface area (Å²) in [5.74, 6) is -0.494. The highest BCUT2D eigenvalue weighted by atomic mass is 32.1. The Bertz CT molecular complexity index is 1060. The highest BCUT2D eigenvalue weighted by Gasteiger charge is 2.23. The van der Waals surface area contributed by atoms with Gasteiger partial charge in [-0.15, -0.1) is 11.3 Å². The smallest absolute Gasteiger partial charge is 0.238 e. The second-order valence-corrected chi connectivity index (χ2v) is 9.08. The van der Waals surface area contributed by atoms with E-state index in [9.17, 15) is 14.0 Å². The van der Waals surface area contributed by atoms with E-state index in [1.807, 2.05) is 39.9 Å². The predicted octanol–water partition coefficient (Wildman–Crippen LogP) is 2.65. The van der Waals surface area contributed by atoms with Crippen molar-refractivity contribution in [3.05, 3.63) is 59.4 Å². The van der Waals surface area contributed by atoms with Crippen molar-refractivity contribution in [2.45, 2.75) is 6.54 Å². The minimum Gasteiger partial charge on any atom is -0.339 e. The van der Waals surface area contributed by atoms with Crippen LogP contribution in [0.1, 0.15) is 5.01 Å². The molecule has 3 aromatic rings. The van der Waals surface area contributed by atoms with Crippen LogP contribution < -0.4 is 5.32 Å². The fourth-order valence-electron chi connectivity index (χ4n) is 3.73. The van der Waals surface area contributed by atoms with Gasteiger partial charge in [-0.05, 0) is 37.4 Å². The molecule has 1 aliphatic heterocycles. The van der Waals surface area contributed by atoms with Crippen LogP contribution in [0.4, 0.5) is 10.1 Å². The van der Waals surface area contributed by atoms with E-state index in [0.717, 1.165) is 15.2 Å². The molecule has 2 aromatic carbocycles. The van der Waals surface area contributed by atoms with Crippen molar-refractivity contribution in [1.29, 1.82) is 0 Å². The number of amides is 2. The van der Waals surface area contributed by atoms with Crippen LogP contribution in [0, 0.1) is 5.82 Å². The zero-order chi connectivity index (χ0) is 22.5. The number of carbonyl (C=O) groups is 2. The molecular weight excluding hydrogens is 429 g/mol. The first-order valence-corrected chi connectivity index (χ1v) is 11.4. The zero-order valence-corrected chi connectivity index (χ0v) is 18.8. The molecule has 9 heteroatoms. The van der Waals surface area contributed by atoms with Gasteiger partial charge >= 0.3 is 0 Å². The number of nitrogens with one attached hydrogen (secondary N) is 1. The Labute approximate surface area is 190 Å². The van der Waals surface area contributed by atoms with Crippen LogP contribution in [0.15, 0.2) is 48.5 Å². The number of benzene rings is 2. The summed E-state index contributed by atoms with van der Waals surface area (Å²) in [5, 5.41) is 3.71. The fraction of sp³-hybridized carbons (Fsp3) is 0.348. The molecule has 7 nitrogen and oxygen atoms in total. The first-order valence-electron chi connectivity index (χ1n) is 10.5. The van der Waals surface area contributed by atoms with Gasteiger partial charge in [0.2, 0.25) is 11.8 Å². The van der Waals surface area contributed by atoms with Gasteiger partial charge < -0.3 is 10.2 Å². The van der Waals surface area contributed by atoms with Gasteiger partial charge in [-0.2, -0.15) is 0 Å². The lowest BCUT2D eigenvalue weighted by Crippen LogP contribution is -2.52. The average Bonchev–Trinajstić information content (AvgIpc) is 3.16. The van der Waals surface area contributed by atoms with Crippen molar-refractivity contribution >= 4 is 39.1 Å². The van der Waals surface area contributed by atoms with Crippen LogP contribution in [0.5, 0.6) is 0 Å². The van der Waals surface area contributed by atoms with E-state index in [0.29, 0.717) is 45.0 Å². The number of nitrogens with zero attached hydrogens (tertiary/aromatic N) is 4. The minimum atomic E-state index is -0.386. The van der Waals surface area contributed by atoms with Crippen LogP contribution >= 0.6 is 11.3 Å². The summed E-state index contributed by atoms with van der Waals surface area (Å²) in [5.41, 5.74) is 1.43. The monoisotopic (exact) mass is 455 g/mol. The maximum absolute atomic E-state index is 13.3. The first kappa shape index (κ1) is 22.3. The molecule has 1 saturated heterocycles. The molecule has 1 aliphatic rings. The Kier molecular flexibility index (Phi) is 7.09. The number of likely N-dealkylation sites (N-methyl/N-ethyl adjacent to an activating group) is 1. The number of rotatable bonds is 7. The highest BCUT2D eigenvalue weighted by Crippen LogP contribution is 2.22. The van der Waals surface area contributed by atoms with Gasteiger partial charge in [-0.25, -0.2) is 9.37 Å². The van der Waals surface area contributed by atoms with Gasteiger partial charge in [0.25, 0.3) is 0 Å². The lowest BCUT2D eigenvalue weighted by Gasteiger charge is -2.35. The number of fused-ring (bicyclic) bond motifs is 1. The van der Waals surface area contributed by atoms with Crippen molar-refractivity contribution in [2.75, 3.05) is 51.6 Å². The molecule has 1 aromatic heterocycles. The third-order valence-electron chi connectivity index (χ3n) is 5.35. The molecule has 0 saturated carbocycles. The van der Waals surface area contributed by atoms with E-state index >= 15 is 0 Å². The Morgan fingerprint density at radius 1 is 1.12 bits per heavy atom. The summed E-state index contributed by atoms with van der Waals surface area (Å²) in [4.78, 5) is 35.4. The Balaban J connectivity index is 1.20. The molecule has 0 unspecified atom stereocenters. The van der Waals surface area contributed by atoms with Crippen LogP contribution in [0.3, 0.4) is 0 Å². The van der Waals surface area contributed by atoms with Crippen LogP contribution in [0.25, 0.3) is 10.2 Å². The van der Waals surface area contributed by atoms with E-state index < -0.39 is 0 Å². The minimum absolute atomic E-state index is 0.0810. The van der Waals surface area contributed by atoms with Crippen molar-refractivity contribution in [1.82, 2.24) is 19.7 Å². The van der Waals surface area contributed by atoms with Crippen LogP contribution in [-0.2, 0) is 16.1 Å². The molecular formula is C23H26FN5O2S. The number of aromatic nitrogens is 1. The summed E-state index contributed by atoms with van der Waals surface area (Å²) in [7, 11) is 1.93. The molecule has 2 amide bonds. The number of thiazole rings is 1. The zero-order valence-electron chi connectivity index (χ0n) is 18.0. The van der Waals surface area contributed by atoms with E-state index in [4.69, 9.17) is 0 Å². The van der Waals surface area contributed by atoms with E-state index in [-0.39, 0.29) is 24.2 Å². The number of hydrogen-bond donors (Lipinski definition) is 1. The topological polar surface area (TPSA) is 68.8 Å². The van der Waals surface area contributed by atoms with Gasteiger partial charge in [-0.1, -0.05) is 18.2 Å². The van der Waals surface area contributed by atoms with Crippen molar-refractivity contribution in [2.24, 2.45) is 0 Å². The fourth-order valence-corrected chi connectivity index (χ4v) is 4.78. The summed E-state index contributed by atoms with van der Waals surface area (Å²) in [6.45, 7) is 3.60. The number of para-hydroxylation sites is 1. The SMILES string of the molecule is CN(CC(=O)N1CCN(CC(=O)Nc2cccc(F)c2)CC1)Cc1nc2ccccc2s1. The average molecular weight is 456 g/mol. The summed E-state index contributed by atoms with van der Waals surface area (Å²) in [6.07, 6.45) is 0. The summed E-state index contributed by atoms with van der Waals surface area (Å²) >= 11 is 1.65. The van der Waals surface area contributed by atoms with Gasteiger partial charge in [0, 0.05) is 31.9 Å². The lowest BCUT2D eigenvalue weighted by atomic mass is 10.3. The van der Waals surface area contributed by atoms with Crippen molar-refractivity contribution < 1.29 is 14.0 Å². The van der Waals surface area contributed by atoms with Crippen LogP contribution in [0.2, 0.25) is 0 Å². The van der Waals surface area contributed by atoms with Gasteiger partial charge in [-0.3, -0.25) is 19.4 Å². The van der Waals surface area contributed by atoms with Gasteiger partial charge in [0.15, 0.2) is 0 Å². The van der Waals surface area contributed by atoms with Crippen molar-refractivity contribution in [3.8, 4) is 0 Å². The second-order valence-electron chi connectivity index (χ2n) is 7.96. The van der Waals surface area contributed by atoms with Gasteiger partial charge in [0.05, 0.1) is 29.9 Å². The second kappa shape index (κ2) is 10.2. The molecule has 1 N–H and O–H groups in total. The number of hydrogen-bond acceptors (Lipinski definition) is 6. The molecule has 32 heavy (non-hydrogen) atoms. The lowest BCUT2D eigenvalue weighted by molar-refractivity contribution is -0.134. The predicted molar refractivity (Wildman–Crippen MR) is 124 cm³/mol. The third kappa shape index (κ3) is 5.87. The molecule has 0 aliphatic carbocycles. The number of anilines is 1. The maximum Gasteiger partial charge on any atom is 0.238 e. The molecule has 168 valence electrons. The maximum atomic E-state index is 13.3. The van der Waals surface area contributed by atoms with Gasteiger partial charge in [0.1, 0.15) is 10.8 Å². The quantitative estimate of drug-likeness (QED) is 0.593. The summed E-state index contributed by atoms with van der Waals surface area (Å²) in [6, 6.07) is 13.9. The van der Waals surface area contributed by atoms with E-state index in [1.54, 1.807) is 23.5 Å².